The molecule has 0 atom stereocenters. The number of fused-ring (bicyclic) bond motifs is 1. The summed E-state index contributed by atoms with van der Waals surface area (Å²) in [6.07, 6.45) is 1.45. The van der Waals surface area contributed by atoms with Crippen LogP contribution in [0, 0.1) is 0 Å². The lowest BCUT2D eigenvalue weighted by Crippen LogP contribution is -2.15. The number of ether oxygens (including phenoxy) is 2. The summed E-state index contributed by atoms with van der Waals surface area (Å²) in [4.78, 5) is 21.0. The standard InChI is InChI=1S/C30H27N5O6S/c1-40-29-25(42(38,39)35-21-8-5-9-22(16-21)41-13-12-31)15-20(17-33-29)19-10-11-24-23(14-19)27(30(36)37)26(28(32)34-24)18-6-3-2-4-7-18/h2-11,14-17,35H,12-13,31H2,1H3,(H2,32,34)(H,36,37). The van der Waals surface area contributed by atoms with Crippen LogP contribution in [0.15, 0.2) is 90.0 Å². The summed E-state index contributed by atoms with van der Waals surface area (Å²) in [5, 5.41) is 10.6. The van der Waals surface area contributed by atoms with Crippen molar-refractivity contribution >= 4 is 38.4 Å². The molecule has 11 nitrogen and oxygen atoms in total. The van der Waals surface area contributed by atoms with Crippen LogP contribution in [0.25, 0.3) is 33.2 Å². The molecule has 0 bridgehead atoms. The second kappa shape index (κ2) is 11.7. The van der Waals surface area contributed by atoms with Gasteiger partial charge in [-0.2, -0.15) is 0 Å². The number of nitrogens with one attached hydrogen (secondary N) is 1. The lowest BCUT2D eigenvalue weighted by Gasteiger charge is -2.15. The smallest absolute Gasteiger partial charge is 0.337 e. The molecule has 0 saturated carbocycles. The summed E-state index contributed by atoms with van der Waals surface area (Å²) in [7, 11) is -2.86. The van der Waals surface area contributed by atoms with E-state index in [1.54, 1.807) is 60.7 Å². The molecule has 0 aliphatic carbocycles. The van der Waals surface area contributed by atoms with Gasteiger partial charge in [-0.05, 0) is 41.5 Å². The number of carboxylic acids is 1. The van der Waals surface area contributed by atoms with E-state index >= 15 is 0 Å². The van der Waals surface area contributed by atoms with Crippen LogP contribution < -0.4 is 25.7 Å². The summed E-state index contributed by atoms with van der Waals surface area (Å²) < 4.78 is 40.3. The number of hydrogen-bond donors (Lipinski definition) is 4. The molecule has 6 N–H and O–H groups in total. The lowest BCUT2D eigenvalue weighted by atomic mass is 9.94. The van der Waals surface area contributed by atoms with Crippen molar-refractivity contribution in [2.45, 2.75) is 4.90 Å². The van der Waals surface area contributed by atoms with Crippen LogP contribution in [0.1, 0.15) is 10.4 Å². The van der Waals surface area contributed by atoms with Crippen LogP contribution in [0.3, 0.4) is 0 Å². The van der Waals surface area contributed by atoms with Gasteiger partial charge < -0.3 is 26.0 Å². The Balaban J connectivity index is 1.60. The van der Waals surface area contributed by atoms with Gasteiger partial charge >= 0.3 is 5.97 Å². The number of methoxy groups -OCH3 is 1. The number of carbonyl (C=O) groups is 1. The molecule has 0 fully saturated rings. The van der Waals surface area contributed by atoms with E-state index in [2.05, 4.69) is 14.7 Å². The predicted molar refractivity (Wildman–Crippen MR) is 160 cm³/mol. The number of nitrogen functional groups attached to an aromatic ring is 1. The highest BCUT2D eigenvalue weighted by atomic mass is 32.2. The summed E-state index contributed by atoms with van der Waals surface area (Å²) in [6, 6.07) is 21.7. The molecule has 214 valence electrons. The molecule has 2 aromatic heterocycles. The van der Waals surface area contributed by atoms with Gasteiger partial charge in [-0.1, -0.05) is 42.5 Å². The first-order chi connectivity index (χ1) is 20.2. The van der Waals surface area contributed by atoms with Gasteiger partial charge in [-0.15, -0.1) is 0 Å². The number of sulfonamides is 1. The molecule has 0 saturated heterocycles. The highest BCUT2D eigenvalue weighted by Gasteiger charge is 2.24. The van der Waals surface area contributed by atoms with Crippen molar-refractivity contribution in [2.75, 3.05) is 30.7 Å². The normalized spacial score (nSPS) is 11.3. The van der Waals surface area contributed by atoms with Crippen molar-refractivity contribution < 1.29 is 27.8 Å². The highest BCUT2D eigenvalue weighted by molar-refractivity contribution is 7.92. The van der Waals surface area contributed by atoms with E-state index in [0.717, 1.165) is 0 Å². The number of nitrogens with zero attached hydrogens (tertiary/aromatic N) is 2. The van der Waals surface area contributed by atoms with E-state index < -0.39 is 16.0 Å². The Morgan fingerprint density at radius 2 is 1.76 bits per heavy atom. The molecular weight excluding hydrogens is 558 g/mol. The van der Waals surface area contributed by atoms with Crippen LogP contribution in [0.4, 0.5) is 11.5 Å². The first-order valence-electron chi connectivity index (χ1n) is 12.7. The number of benzene rings is 3. The topological polar surface area (TPSA) is 180 Å². The Bertz CT molecular complexity index is 1900. The van der Waals surface area contributed by atoms with Gasteiger partial charge in [-0.3, -0.25) is 4.72 Å². The first kappa shape index (κ1) is 28.3. The molecule has 0 aliphatic rings. The summed E-state index contributed by atoms with van der Waals surface area (Å²) in [6.45, 7) is 0.589. The molecule has 12 heteroatoms. The molecule has 0 amide bonds. The van der Waals surface area contributed by atoms with Gasteiger partial charge in [0.25, 0.3) is 10.0 Å². The Morgan fingerprint density at radius 3 is 2.48 bits per heavy atom. The molecule has 5 aromatic rings. The number of nitrogens with two attached hydrogens (primary N) is 2. The van der Waals surface area contributed by atoms with Gasteiger partial charge in [0.1, 0.15) is 23.1 Å². The Labute approximate surface area is 241 Å². The number of rotatable bonds is 10. The highest BCUT2D eigenvalue weighted by Crippen LogP contribution is 2.36. The zero-order chi connectivity index (χ0) is 29.9. The molecule has 3 aromatic carbocycles. The average molecular weight is 586 g/mol. The molecule has 0 unspecified atom stereocenters. The lowest BCUT2D eigenvalue weighted by molar-refractivity contribution is 0.0699. The quantitative estimate of drug-likeness (QED) is 0.184. The van der Waals surface area contributed by atoms with Gasteiger partial charge in [0.15, 0.2) is 0 Å². The van der Waals surface area contributed by atoms with Crippen LogP contribution in [0.5, 0.6) is 11.6 Å². The zero-order valence-electron chi connectivity index (χ0n) is 22.4. The Kier molecular flexibility index (Phi) is 7.91. The Hall–Kier alpha value is -5.20. The average Bonchev–Trinajstić information content (AvgIpc) is 2.99. The first-order valence-corrected chi connectivity index (χ1v) is 14.2. The maximum atomic E-state index is 13.5. The van der Waals surface area contributed by atoms with E-state index in [1.165, 1.54) is 25.4 Å². The van der Waals surface area contributed by atoms with E-state index in [0.29, 0.717) is 45.5 Å². The largest absolute Gasteiger partial charge is 0.492 e. The van der Waals surface area contributed by atoms with Crippen LogP contribution in [-0.2, 0) is 10.0 Å². The van der Waals surface area contributed by atoms with Crippen molar-refractivity contribution in [1.82, 2.24) is 9.97 Å². The summed E-state index contributed by atoms with van der Waals surface area (Å²) in [5.41, 5.74) is 14.2. The zero-order valence-corrected chi connectivity index (χ0v) is 23.3. The van der Waals surface area contributed by atoms with Gasteiger partial charge in [0.2, 0.25) is 5.88 Å². The molecule has 5 rings (SSSR count). The minimum Gasteiger partial charge on any atom is -0.492 e. The van der Waals surface area contributed by atoms with Crippen molar-refractivity contribution in [3.05, 3.63) is 90.6 Å². The number of anilines is 2. The minimum absolute atomic E-state index is 0.0155. The van der Waals surface area contributed by atoms with Crippen LogP contribution >= 0.6 is 0 Å². The molecule has 0 radical (unpaired) electrons. The summed E-state index contributed by atoms with van der Waals surface area (Å²) in [5.74, 6) is -0.756. The monoisotopic (exact) mass is 585 g/mol. The number of hydrogen-bond acceptors (Lipinski definition) is 9. The molecule has 42 heavy (non-hydrogen) atoms. The fourth-order valence-electron chi connectivity index (χ4n) is 4.55. The maximum absolute atomic E-state index is 13.5. The van der Waals surface area contributed by atoms with Gasteiger partial charge in [0, 0.05) is 35.3 Å². The van der Waals surface area contributed by atoms with E-state index in [-0.39, 0.29) is 34.5 Å². The van der Waals surface area contributed by atoms with Crippen molar-refractivity contribution in [3.8, 4) is 33.9 Å². The number of aromatic carboxylic acids is 1. The molecule has 0 spiro atoms. The van der Waals surface area contributed by atoms with E-state index in [1.807, 2.05) is 6.07 Å². The third kappa shape index (κ3) is 5.66. The van der Waals surface area contributed by atoms with Crippen molar-refractivity contribution in [2.24, 2.45) is 5.73 Å². The molecule has 0 aliphatic heterocycles. The number of aromatic nitrogens is 2. The van der Waals surface area contributed by atoms with Crippen molar-refractivity contribution in [1.29, 1.82) is 0 Å². The Morgan fingerprint density at radius 1 is 0.976 bits per heavy atom. The van der Waals surface area contributed by atoms with Gasteiger partial charge in [0.05, 0.1) is 23.9 Å². The fourth-order valence-corrected chi connectivity index (χ4v) is 5.75. The van der Waals surface area contributed by atoms with E-state index in [4.69, 9.17) is 20.9 Å². The fraction of sp³-hybridized carbons (Fsp3) is 0.100. The van der Waals surface area contributed by atoms with Crippen LogP contribution in [0.2, 0.25) is 0 Å². The SMILES string of the molecule is COc1ncc(-c2ccc3nc(N)c(-c4ccccc4)c(C(=O)O)c3c2)cc1S(=O)(=O)Nc1cccc(OCCN)c1. The second-order valence-corrected chi connectivity index (χ2v) is 10.8. The summed E-state index contributed by atoms with van der Waals surface area (Å²) >= 11 is 0. The van der Waals surface area contributed by atoms with Crippen molar-refractivity contribution in [3.63, 3.8) is 0 Å². The third-order valence-corrected chi connectivity index (χ3v) is 7.77. The number of carboxylic acid groups (broad SMARTS) is 1. The predicted octanol–water partition coefficient (Wildman–Crippen LogP) is 4.39. The van der Waals surface area contributed by atoms with E-state index in [9.17, 15) is 18.3 Å². The number of pyridine rings is 2. The molecule has 2 heterocycles. The maximum Gasteiger partial charge on any atom is 0.337 e. The molecular formula is C30H27N5O6S. The minimum atomic E-state index is -4.18. The second-order valence-electron chi connectivity index (χ2n) is 9.15. The third-order valence-electron chi connectivity index (χ3n) is 6.40. The van der Waals surface area contributed by atoms with Gasteiger partial charge in [-0.25, -0.2) is 23.2 Å². The van der Waals surface area contributed by atoms with Crippen LogP contribution in [-0.4, -0.2) is 49.7 Å².